The zero-order valence-electron chi connectivity index (χ0n) is 15.1. The second-order valence-electron chi connectivity index (χ2n) is 6.39. The van der Waals surface area contributed by atoms with Crippen LogP contribution >= 0.6 is 11.6 Å². The minimum atomic E-state index is -0.225. The van der Waals surface area contributed by atoms with Gasteiger partial charge in [0.2, 0.25) is 5.95 Å². The Balaban J connectivity index is 1.35. The van der Waals surface area contributed by atoms with Crippen LogP contribution in [0, 0.1) is 0 Å². The molecule has 1 amide bonds. The number of amides is 1. The van der Waals surface area contributed by atoms with Crippen LogP contribution in [0.2, 0.25) is 5.02 Å². The molecule has 0 aliphatic carbocycles. The van der Waals surface area contributed by atoms with E-state index in [4.69, 9.17) is 11.6 Å². The van der Waals surface area contributed by atoms with E-state index in [1.807, 2.05) is 24.4 Å². The van der Waals surface area contributed by atoms with Crippen LogP contribution in [0.25, 0.3) is 0 Å². The first-order chi connectivity index (χ1) is 13.7. The molecule has 0 bridgehead atoms. The number of piperazine rings is 1. The van der Waals surface area contributed by atoms with Gasteiger partial charge < -0.3 is 15.1 Å². The van der Waals surface area contributed by atoms with E-state index in [-0.39, 0.29) is 5.91 Å². The molecule has 4 rings (SSSR count). The van der Waals surface area contributed by atoms with E-state index < -0.39 is 0 Å². The fraction of sp³-hybridized carbons (Fsp3) is 0.200. The molecule has 8 heteroatoms. The van der Waals surface area contributed by atoms with Gasteiger partial charge in [-0.1, -0.05) is 17.7 Å². The van der Waals surface area contributed by atoms with Crippen LogP contribution in [0.4, 0.5) is 17.5 Å². The Bertz CT molecular complexity index is 925. The fourth-order valence-electron chi connectivity index (χ4n) is 3.03. The summed E-state index contributed by atoms with van der Waals surface area (Å²) in [7, 11) is 0. The Kier molecular flexibility index (Phi) is 5.34. The predicted octanol–water partition coefficient (Wildman–Crippen LogP) is 3.10. The van der Waals surface area contributed by atoms with Crippen molar-refractivity contribution in [3.63, 3.8) is 0 Å². The third-order valence-electron chi connectivity index (χ3n) is 4.54. The van der Waals surface area contributed by atoms with Gasteiger partial charge in [0.05, 0.1) is 18.1 Å². The number of pyridine rings is 1. The quantitative estimate of drug-likeness (QED) is 0.733. The third-order valence-corrected chi connectivity index (χ3v) is 4.79. The van der Waals surface area contributed by atoms with E-state index >= 15 is 0 Å². The predicted molar refractivity (Wildman–Crippen MR) is 110 cm³/mol. The van der Waals surface area contributed by atoms with E-state index in [0.717, 1.165) is 32.0 Å². The molecule has 0 radical (unpaired) electrons. The van der Waals surface area contributed by atoms with Crippen molar-refractivity contribution in [1.29, 1.82) is 0 Å². The molecule has 3 aromatic rings. The number of benzene rings is 1. The highest BCUT2D eigenvalue weighted by Crippen LogP contribution is 2.17. The molecule has 1 N–H and O–H groups in total. The monoisotopic (exact) mass is 394 g/mol. The molecule has 28 heavy (non-hydrogen) atoms. The number of halogens is 1. The number of aromatic nitrogens is 3. The Morgan fingerprint density at radius 3 is 2.21 bits per heavy atom. The number of anilines is 3. The van der Waals surface area contributed by atoms with Crippen LogP contribution in [-0.4, -0.2) is 47.0 Å². The highest BCUT2D eigenvalue weighted by Gasteiger charge is 2.19. The van der Waals surface area contributed by atoms with Crippen molar-refractivity contribution in [3.05, 3.63) is 71.6 Å². The number of hydrogen-bond donors (Lipinski definition) is 1. The van der Waals surface area contributed by atoms with Crippen molar-refractivity contribution in [1.82, 2.24) is 15.0 Å². The number of nitrogens with one attached hydrogen (secondary N) is 1. The van der Waals surface area contributed by atoms with Gasteiger partial charge in [0.1, 0.15) is 5.82 Å². The normalized spacial score (nSPS) is 14.0. The zero-order valence-corrected chi connectivity index (χ0v) is 15.9. The second kappa shape index (κ2) is 8.22. The van der Waals surface area contributed by atoms with Gasteiger partial charge in [-0.3, -0.25) is 4.79 Å². The molecule has 1 aliphatic heterocycles. The molecular formula is C20H19ClN6O. The molecule has 1 saturated heterocycles. The van der Waals surface area contributed by atoms with E-state index in [2.05, 4.69) is 30.1 Å². The molecule has 3 heterocycles. The van der Waals surface area contributed by atoms with Gasteiger partial charge >= 0.3 is 0 Å². The molecule has 7 nitrogen and oxygen atoms in total. The summed E-state index contributed by atoms with van der Waals surface area (Å²) < 4.78 is 0. The Morgan fingerprint density at radius 1 is 0.893 bits per heavy atom. The number of carbonyl (C=O) groups excluding carboxylic acids is 1. The highest BCUT2D eigenvalue weighted by atomic mass is 35.5. The maximum Gasteiger partial charge on any atom is 0.255 e. The van der Waals surface area contributed by atoms with Crippen molar-refractivity contribution in [3.8, 4) is 0 Å². The fourth-order valence-corrected chi connectivity index (χ4v) is 3.16. The summed E-state index contributed by atoms with van der Waals surface area (Å²) in [5.74, 6) is 1.42. The van der Waals surface area contributed by atoms with Crippen LogP contribution in [0.15, 0.2) is 61.1 Å². The Labute approximate surface area is 168 Å². The van der Waals surface area contributed by atoms with Crippen LogP contribution in [-0.2, 0) is 0 Å². The van der Waals surface area contributed by atoms with Crippen molar-refractivity contribution in [2.75, 3.05) is 41.3 Å². The van der Waals surface area contributed by atoms with Gasteiger partial charge in [-0.25, -0.2) is 15.0 Å². The molecule has 1 aromatic carbocycles. The highest BCUT2D eigenvalue weighted by molar-refractivity contribution is 6.30. The van der Waals surface area contributed by atoms with Crippen LogP contribution in [0.5, 0.6) is 0 Å². The number of rotatable bonds is 4. The topological polar surface area (TPSA) is 74.2 Å². The SMILES string of the molecule is O=C(Nc1cnc(N2CCN(c3ccccn3)CC2)nc1)c1ccc(Cl)cc1. The smallest absolute Gasteiger partial charge is 0.255 e. The first-order valence-electron chi connectivity index (χ1n) is 8.99. The maximum atomic E-state index is 12.3. The Hall–Kier alpha value is -3.19. The number of nitrogens with zero attached hydrogens (tertiary/aromatic N) is 5. The maximum absolute atomic E-state index is 12.3. The lowest BCUT2D eigenvalue weighted by Gasteiger charge is -2.35. The summed E-state index contributed by atoms with van der Waals surface area (Å²) >= 11 is 5.85. The average molecular weight is 395 g/mol. The van der Waals surface area contributed by atoms with E-state index in [1.165, 1.54) is 0 Å². The zero-order chi connectivity index (χ0) is 19.3. The van der Waals surface area contributed by atoms with Gasteiger partial charge in [0, 0.05) is 43.0 Å². The summed E-state index contributed by atoms with van der Waals surface area (Å²) in [5.41, 5.74) is 1.08. The lowest BCUT2D eigenvalue weighted by Crippen LogP contribution is -2.47. The summed E-state index contributed by atoms with van der Waals surface area (Å²) in [6.45, 7) is 3.34. The molecular weight excluding hydrogens is 376 g/mol. The minimum Gasteiger partial charge on any atom is -0.353 e. The van der Waals surface area contributed by atoms with Gasteiger partial charge in [0.25, 0.3) is 5.91 Å². The lowest BCUT2D eigenvalue weighted by molar-refractivity contribution is 0.102. The molecule has 2 aromatic heterocycles. The summed E-state index contributed by atoms with van der Waals surface area (Å²) in [6, 6.07) is 12.6. The Morgan fingerprint density at radius 2 is 1.57 bits per heavy atom. The van der Waals surface area contributed by atoms with Crippen LogP contribution in [0.1, 0.15) is 10.4 Å². The van der Waals surface area contributed by atoms with Gasteiger partial charge in [-0.05, 0) is 36.4 Å². The third kappa shape index (κ3) is 4.20. The number of carbonyl (C=O) groups is 1. The molecule has 1 aliphatic rings. The largest absolute Gasteiger partial charge is 0.353 e. The second-order valence-corrected chi connectivity index (χ2v) is 6.83. The molecule has 142 valence electrons. The first-order valence-corrected chi connectivity index (χ1v) is 9.37. The average Bonchev–Trinajstić information content (AvgIpc) is 2.75. The van der Waals surface area contributed by atoms with Crippen LogP contribution < -0.4 is 15.1 Å². The summed E-state index contributed by atoms with van der Waals surface area (Å²) in [5, 5.41) is 3.38. The van der Waals surface area contributed by atoms with Crippen molar-refractivity contribution in [2.45, 2.75) is 0 Å². The van der Waals surface area contributed by atoms with Gasteiger partial charge in [-0.2, -0.15) is 0 Å². The molecule has 0 unspecified atom stereocenters. The van der Waals surface area contributed by atoms with E-state index in [0.29, 0.717) is 22.2 Å². The van der Waals surface area contributed by atoms with Crippen LogP contribution in [0.3, 0.4) is 0 Å². The molecule has 0 atom stereocenters. The summed E-state index contributed by atoms with van der Waals surface area (Å²) in [4.78, 5) is 29.8. The molecule has 0 spiro atoms. The number of hydrogen-bond acceptors (Lipinski definition) is 6. The van der Waals surface area contributed by atoms with Crippen molar-refractivity contribution < 1.29 is 4.79 Å². The summed E-state index contributed by atoms with van der Waals surface area (Å²) in [6.07, 6.45) is 5.06. The van der Waals surface area contributed by atoms with Gasteiger partial charge in [-0.15, -0.1) is 0 Å². The van der Waals surface area contributed by atoms with Crippen molar-refractivity contribution >= 4 is 35.0 Å². The molecule has 0 saturated carbocycles. The van der Waals surface area contributed by atoms with Crippen molar-refractivity contribution in [2.24, 2.45) is 0 Å². The van der Waals surface area contributed by atoms with Gasteiger partial charge in [0.15, 0.2) is 0 Å². The standard InChI is InChI=1S/C20H19ClN6O/c21-16-6-4-15(5-7-16)19(28)25-17-13-23-20(24-14-17)27-11-9-26(10-12-27)18-3-1-2-8-22-18/h1-8,13-14H,9-12H2,(H,25,28). The first kappa shape index (κ1) is 18.2. The lowest BCUT2D eigenvalue weighted by atomic mass is 10.2. The minimum absolute atomic E-state index is 0.225. The van der Waals surface area contributed by atoms with E-state index in [1.54, 1.807) is 36.7 Å². The van der Waals surface area contributed by atoms with E-state index in [9.17, 15) is 4.79 Å². The molecule has 1 fully saturated rings.